The minimum absolute atomic E-state index is 0.0779. The van der Waals surface area contributed by atoms with Crippen molar-refractivity contribution in [2.24, 2.45) is 0 Å². The van der Waals surface area contributed by atoms with E-state index in [4.69, 9.17) is 4.74 Å². The van der Waals surface area contributed by atoms with Gasteiger partial charge in [0, 0.05) is 18.2 Å². The molecule has 0 aliphatic rings. The standard InChI is InChI=1S/C13H13NO3S/c1-2-17-13(16)4-3-11(15)9-7-12-10(14-8-9)5-6-18-12/h5-8H,2-4H2,1H3. The molecule has 0 fully saturated rings. The predicted octanol–water partition coefficient (Wildman–Crippen LogP) is 2.82. The second-order valence-electron chi connectivity index (χ2n) is 3.76. The summed E-state index contributed by atoms with van der Waals surface area (Å²) in [6, 6.07) is 3.73. The van der Waals surface area contributed by atoms with Gasteiger partial charge in [-0.1, -0.05) is 0 Å². The van der Waals surface area contributed by atoms with Crippen LogP contribution in [0.15, 0.2) is 23.7 Å². The van der Waals surface area contributed by atoms with Crippen LogP contribution in [-0.4, -0.2) is 23.3 Å². The molecule has 0 aromatic carbocycles. The van der Waals surface area contributed by atoms with E-state index in [2.05, 4.69) is 4.98 Å². The summed E-state index contributed by atoms with van der Waals surface area (Å²) in [6.07, 6.45) is 1.84. The molecule has 0 radical (unpaired) electrons. The van der Waals surface area contributed by atoms with E-state index in [0.29, 0.717) is 12.2 Å². The fourth-order valence-corrected chi connectivity index (χ4v) is 2.37. The normalized spacial score (nSPS) is 10.5. The summed E-state index contributed by atoms with van der Waals surface area (Å²) in [5.41, 5.74) is 1.44. The third-order valence-corrected chi connectivity index (χ3v) is 3.34. The first-order valence-corrected chi connectivity index (χ1v) is 6.60. The number of carbonyl (C=O) groups is 2. The molecule has 0 saturated carbocycles. The van der Waals surface area contributed by atoms with Crippen molar-refractivity contribution in [3.8, 4) is 0 Å². The third-order valence-electron chi connectivity index (χ3n) is 2.49. The summed E-state index contributed by atoms with van der Waals surface area (Å²) in [5, 5.41) is 1.94. The maximum absolute atomic E-state index is 11.9. The van der Waals surface area contributed by atoms with Crippen molar-refractivity contribution >= 4 is 33.3 Å². The molecule has 5 heteroatoms. The first-order valence-electron chi connectivity index (χ1n) is 5.72. The van der Waals surface area contributed by atoms with E-state index >= 15 is 0 Å². The molecule has 0 aliphatic carbocycles. The monoisotopic (exact) mass is 263 g/mol. The number of nitrogens with zero attached hydrogens (tertiary/aromatic N) is 1. The topological polar surface area (TPSA) is 56.3 Å². The van der Waals surface area contributed by atoms with Crippen molar-refractivity contribution in [2.75, 3.05) is 6.61 Å². The Kier molecular flexibility index (Phi) is 4.04. The molecule has 4 nitrogen and oxygen atoms in total. The zero-order valence-electron chi connectivity index (χ0n) is 10.0. The number of aromatic nitrogens is 1. The number of rotatable bonds is 5. The lowest BCUT2D eigenvalue weighted by molar-refractivity contribution is -0.143. The predicted molar refractivity (Wildman–Crippen MR) is 69.8 cm³/mol. The number of carbonyl (C=O) groups excluding carboxylic acids is 2. The first kappa shape index (κ1) is 12.7. The van der Waals surface area contributed by atoms with Crippen LogP contribution < -0.4 is 0 Å². The lowest BCUT2D eigenvalue weighted by atomic mass is 10.1. The maximum Gasteiger partial charge on any atom is 0.306 e. The largest absolute Gasteiger partial charge is 0.466 e. The minimum Gasteiger partial charge on any atom is -0.466 e. The molecule has 2 rings (SSSR count). The Morgan fingerprint density at radius 2 is 2.22 bits per heavy atom. The second-order valence-corrected chi connectivity index (χ2v) is 4.70. The van der Waals surface area contributed by atoms with Gasteiger partial charge in [0.15, 0.2) is 5.78 Å². The molecule has 0 N–H and O–H groups in total. The van der Waals surface area contributed by atoms with Gasteiger partial charge in [0.2, 0.25) is 0 Å². The highest BCUT2D eigenvalue weighted by atomic mass is 32.1. The van der Waals surface area contributed by atoms with Gasteiger partial charge in [0.05, 0.1) is 23.2 Å². The molecule has 2 heterocycles. The molecule has 2 aromatic heterocycles. The average Bonchev–Trinajstić information content (AvgIpc) is 2.83. The molecule has 2 aromatic rings. The van der Waals surface area contributed by atoms with Crippen molar-refractivity contribution in [3.63, 3.8) is 0 Å². The van der Waals surface area contributed by atoms with E-state index in [1.807, 2.05) is 17.5 Å². The Balaban J connectivity index is 2.02. The minimum atomic E-state index is -0.337. The van der Waals surface area contributed by atoms with E-state index in [-0.39, 0.29) is 24.6 Å². The van der Waals surface area contributed by atoms with E-state index in [0.717, 1.165) is 10.2 Å². The van der Waals surface area contributed by atoms with Crippen LogP contribution in [0, 0.1) is 0 Å². The number of thiophene rings is 1. The average molecular weight is 263 g/mol. The van der Waals surface area contributed by atoms with Gasteiger partial charge in [-0.05, 0) is 24.4 Å². The van der Waals surface area contributed by atoms with Gasteiger partial charge in [-0.25, -0.2) is 0 Å². The molecule has 0 amide bonds. The summed E-state index contributed by atoms with van der Waals surface area (Å²) >= 11 is 1.55. The van der Waals surface area contributed by atoms with Gasteiger partial charge in [0.1, 0.15) is 0 Å². The lowest BCUT2D eigenvalue weighted by Gasteiger charge is -2.01. The van der Waals surface area contributed by atoms with E-state index in [1.54, 1.807) is 24.5 Å². The van der Waals surface area contributed by atoms with Gasteiger partial charge < -0.3 is 4.74 Å². The summed E-state index contributed by atoms with van der Waals surface area (Å²) in [6.45, 7) is 2.09. The fourth-order valence-electron chi connectivity index (χ4n) is 1.59. The smallest absolute Gasteiger partial charge is 0.306 e. The Hall–Kier alpha value is -1.75. The summed E-state index contributed by atoms with van der Waals surface area (Å²) in [4.78, 5) is 27.2. The highest BCUT2D eigenvalue weighted by Crippen LogP contribution is 2.20. The number of hydrogen-bond donors (Lipinski definition) is 0. The zero-order valence-corrected chi connectivity index (χ0v) is 10.8. The molecule has 0 spiro atoms. The molecule has 94 valence electrons. The van der Waals surface area contributed by atoms with Gasteiger partial charge in [-0.2, -0.15) is 0 Å². The quantitative estimate of drug-likeness (QED) is 0.615. The van der Waals surface area contributed by atoms with Crippen LogP contribution in [0.2, 0.25) is 0 Å². The Bertz CT molecular complexity index is 576. The van der Waals surface area contributed by atoms with Crippen molar-refractivity contribution in [3.05, 3.63) is 29.3 Å². The number of fused-ring (bicyclic) bond motifs is 1. The number of esters is 1. The Morgan fingerprint density at radius 3 is 3.00 bits per heavy atom. The van der Waals surface area contributed by atoms with E-state index in [1.165, 1.54) is 0 Å². The number of Topliss-reactive ketones (excluding diaryl/α,β-unsaturated/α-hetero) is 1. The van der Waals surface area contributed by atoms with Crippen molar-refractivity contribution in [1.82, 2.24) is 4.98 Å². The summed E-state index contributed by atoms with van der Waals surface area (Å²) in [5.74, 6) is -0.415. The van der Waals surface area contributed by atoms with Crippen LogP contribution in [-0.2, 0) is 9.53 Å². The van der Waals surface area contributed by atoms with Crippen LogP contribution >= 0.6 is 11.3 Å². The van der Waals surface area contributed by atoms with Crippen LogP contribution in [0.4, 0.5) is 0 Å². The Morgan fingerprint density at radius 1 is 1.39 bits per heavy atom. The van der Waals surface area contributed by atoms with Gasteiger partial charge in [-0.3, -0.25) is 14.6 Å². The van der Waals surface area contributed by atoms with E-state index < -0.39 is 0 Å². The number of hydrogen-bond acceptors (Lipinski definition) is 5. The first-order chi connectivity index (χ1) is 8.70. The molecule has 0 bridgehead atoms. The van der Waals surface area contributed by atoms with E-state index in [9.17, 15) is 9.59 Å². The highest BCUT2D eigenvalue weighted by molar-refractivity contribution is 7.17. The number of ketones is 1. The third kappa shape index (κ3) is 2.92. The van der Waals surface area contributed by atoms with Crippen molar-refractivity contribution < 1.29 is 14.3 Å². The number of ether oxygens (including phenoxy) is 1. The summed E-state index contributed by atoms with van der Waals surface area (Å²) in [7, 11) is 0. The molecule has 0 aliphatic heterocycles. The highest BCUT2D eigenvalue weighted by Gasteiger charge is 2.11. The maximum atomic E-state index is 11.9. The van der Waals surface area contributed by atoms with Crippen LogP contribution in [0.5, 0.6) is 0 Å². The molecule has 0 unspecified atom stereocenters. The zero-order chi connectivity index (χ0) is 13.0. The molecular weight excluding hydrogens is 250 g/mol. The van der Waals surface area contributed by atoms with Gasteiger partial charge in [-0.15, -0.1) is 11.3 Å². The SMILES string of the molecule is CCOC(=O)CCC(=O)c1cnc2ccsc2c1. The summed E-state index contributed by atoms with van der Waals surface area (Å²) < 4.78 is 5.76. The molecular formula is C13H13NO3S. The molecule has 18 heavy (non-hydrogen) atoms. The van der Waals surface area contributed by atoms with Crippen molar-refractivity contribution in [2.45, 2.75) is 19.8 Å². The van der Waals surface area contributed by atoms with Crippen LogP contribution in [0.3, 0.4) is 0 Å². The van der Waals surface area contributed by atoms with Gasteiger partial charge >= 0.3 is 5.97 Å². The van der Waals surface area contributed by atoms with Crippen molar-refractivity contribution in [1.29, 1.82) is 0 Å². The second kappa shape index (κ2) is 5.73. The Labute approximate surface area is 109 Å². The molecule has 0 atom stereocenters. The molecule has 0 saturated heterocycles. The number of pyridine rings is 1. The van der Waals surface area contributed by atoms with Gasteiger partial charge in [0.25, 0.3) is 0 Å². The fraction of sp³-hybridized carbons (Fsp3) is 0.308. The lowest BCUT2D eigenvalue weighted by Crippen LogP contribution is -2.08. The van der Waals surface area contributed by atoms with Crippen LogP contribution in [0.25, 0.3) is 10.2 Å². The van der Waals surface area contributed by atoms with Crippen LogP contribution in [0.1, 0.15) is 30.1 Å².